The van der Waals surface area contributed by atoms with Crippen LogP contribution in [0.4, 0.5) is 0 Å². The molecule has 0 amide bonds. The number of hydrogen-bond donors (Lipinski definition) is 0. The first kappa shape index (κ1) is 23.4. The molecule has 2 aromatic carbocycles. The van der Waals surface area contributed by atoms with E-state index in [4.69, 9.17) is 4.74 Å². The van der Waals surface area contributed by atoms with Gasteiger partial charge in [0.15, 0.2) is 0 Å². The summed E-state index contributed by atoms with van der Waals surface area (Å²) in [6, 6.07) is 13.7. The van der Waals surface area contributed by atoms with Crippen LogP contribution >= 0.6 is 0 Å². The molecular formula is C31H44O. The second kappa shape index (κ2) is 11.9. The normalized spacial score (nSPS) is 25.8. The van der Waals surface area contributed by atoms with Gasteiger partial charge < -0.3 is 4.74 Å². The van der Waals surface area contributed by atoms with Crippen LogP contribution in [-0.2, 0) is 0 Å². The fourth-order valence-electron chi connectivity index (χ4n) is 6.41. The molecule has 174 valence electrons. The van der Waals surface area contributed by atoms with Crippen molar-refractivity contribution in [1.29, 1.82) is 0 Å². The molecule has 2 aliphatic rings. The van der Waals surface area contributed by atoms with Gasteiger partial charge in [-0.3, -0.25) is 0 Å². The lowest BCUT2D eigenvalue weighted by atomic mass is 9.63. The van der Waals surface area contributed by atoms with E-state index in [1.807, 2.05) is 19.1 Å². The van der Waals surface area contributed by atoms with Crippen LogP contribution in [0.25, 0.3) is 10.8 Å². The van der Waals surface area contributed by atoms with E-state index in [-0.39, 0.29) is 0 Å². The summed E-state index contributed by atoms with van der Waals surface area (Å²) in [4.78, 5) is 0. The van der Waals surface area contributed by atoms with Gasteiger partial charge in [-0.2, -0.15) is 0 Å². The van der Waals surface area contributed by atoms with E-state index in [2.05, 4.69) is 43.3 Å². The van der Waals surface area contributed by atoms with E-state index in [0.29, 0.717) is 6.61 Å². The molecule has 2 aromatic rings. The standard InChI is InChI=1S/C31H44O/c1-3-5-7-8-9-10-24-11-12-26-21-27(14-13-25(26)20-24)28-15-16-30-23-31(32-19-6-4-2)18-17-29(30)22-28/h4,6,15-18,22-27H,3,5,7-14,19-21H2,1-2H3. The first-order valence-corrected chi connectivity index (χ1v) is 13.5. The van der Waals surface area contributed by atoms with Crippen molar-refractivity contribution in [3.8, 4) is 5.75 Å². The molecular weight excluding hydrogens is 388 g/mol. The van der Waals surface area contributed by atoms with Gasteiger partial charge in [-0.05, 0) is 91.2 Å². The highest BCUT2D eigenvalue weighted by molar-refractivity contribution is 5.84. The third-order valence-corrected chi connectivity index (χ3v) is 8.33. The third-order valence-electron chi connectivity index (χ3n) is 8.33. The molecule has 0 radical (unpaired) electrons. The lowest BCUT2D eigenvalue weighted by Crippen LogP contribution is -2.30. The molecule has 2 saturated carbocycles. The van der Waals surface area contributed by atoms with Gasteiger partial charge in [-0.15, -0.1) is 0 Å². The lowest BCUT2D eigenvalue weighted by molar-refractivity contribution is 0.113. The van der Waals surface area contributed by atoms with Gasteiger partial charge in [-0.1, -0.05) is 88.3 Å². The zero-order chi connectivity index (χ0) is 22.2. The molecule has 2 fully saturated rings. The maximum absolute atomic E-state index is 5.82. The van der Waals surface area contributed by atoms with Crippen molar-refractivity contribution in [2.75, 3.05) is 6.61 Å². The first-order chi connectivity index (χ1) is 15.8. The molecule has 0 aliphatic heterocycles. The summed E-state index contributed by atoms with van der Waals surface area (Å²) in [6.45, 7) is 4.98. The number of unbranched alkanes of at least 4 members (excludes halogenated alkanes) is 4. The minimum atomic E-state index is 0.643. The van der Waals surface area contributed by atoms with Crippen molar-refractivity contribution < 1.29 is 4.74 Å². The van der Waals surface area contributed by atoms with Crippen LogP contribution in [0, 0.1) is 17.8 Å². The summed E-state index contributed by atoms with van der Waals surface area (Å²) in [6.07, 6.45) is 21.5. The smallest absolute Gasteiger partial charge is 0.120 e. The Morgan fingerprint density at radius 3 is 2.50 bits per heavy atom. The second-order valence-corrected chi connectivity index (χ2v) is 10.6. The van der Waals surface area contributed by atoms with Crippen LogP contribution in [-0.4, -0.2) is 6.61 Å². The quantitative estimate of drug-likeness (QED) is 0.268. The summed E-state index contributed by atoms with van der Waals surface area (Å²) in [5.41, 5.74) is 1.57. The third kappa shape index (κ3) is 6.18. The van der Waals surface area contributed by atoms with Gasteiger partial charge in [0.2, 0.25) is 0 Å². The summed E-state index contributed by atoms with van der Waals surface area (Å²) < 4.78 is 5.82. The number of ether oxygens (including phenoxy) is 1. The van der Waals surface area contributed by atoms with Crippen LogP contribution in [0.2, 0.25) is 0 Å². The van der Waals surface area contributed by atoms with E-state index < -0.39 is 0 Å². The van der Waals surface area contributed by atoms with E-state index in [1.165, 1.54) is 87.8 Å². The van der Waals surface area contributed by atoms with Crippen LogP contribution in [0.15, 0.2) is 48.6 Å². The maximum Gasteiger partial charge on any atom is 0.120 e. The van der Waals surface area contributed by atoms with Crippen LogP contribution in [0.3, 0.4) is 0 Å². The molecule has 0 saturated heterocycles. The second-order valence-electron chi connectivity index (χ2n) is 10.6. The molecule has 2 aliphatic carbocycles. The molecule has 0 bridgehead atoms. The summed E-state index contributed by atoms with van der Waals surface area (Å²) in [5.74, 6) is 4.74. The van der Waals surface area contributed by atoms with Gasteiger partial charge in [0.25, 0.3) is 0 Å². The number of rotatable bonds is 10. The zero-order valence-corrected chi connectivity index (χ0v) is 20.5. The molecule has 1 heteroatoms. The summed E-state index contributed by atoms with van der Waals surface area (Å²) in [7, 11) is 0. The molecule has 0 N–H and O–H groups in total. The maximum atomic E-state index is 5.82. The van der Waals surface area contributed by atoms with Crippen molar-refractivity contribution >= 4 is 10.8 Å². The fraction of sp³-hybridized carbons (Fsp3) is 0.613. The highest BCUT2D eigenvalue weighted by atomic mass is 16.5. The van der Waals surface area contributed by atoms with Crippen molar-refractivity contribution in [2.45, 2.75) is 96.8 Å². The van der Waals surface area contributed by atoms with Gasteiger partial charge in [0.1, 0.15) is 12.4 Å². The minimum absolute atomic E-state index is 0.643. The Labute approximate surface area is 196 Å². The molecule has 0 aromatic heterocycles. The summed E-state index contributed by atoms with van der Waals surface area (Å²) >= 11 is 0. The largest absolute Gasteiger partial charge is 0.490 e. The first-order valence-electron chi connectivity index (χ1n) is 13.5. The molecule has 4 atom stereocenters. The Balaban J connectivity index is 1.30. The lowest BCUT2D eigenvalue weighted by Gasteiger charge is -2.42. The van der Waals surface area contributed by atoms with Gasteiger partial charge in [0.05, 0.1) is 0 Å². The SMILES string of the molecule is CC=CCOc1ccc2cc(C3CCC4CC(CCCCCCC)CCC4C3)ccc2c1. The topological polar surface area (TPSA) is 9.23 Å². The van der Waals surface area contributed by atoms with Crippen molar-refractivity contribution in [1.82, 2.24) is 0 Å². The Hall–Kier alpha value is -1.76. The zero-order valence-electron chi connectivity index (χ0n) is 20.5. The minimum Gasteiger partial charge on any atom is -0.490 e. The van der Waals surface area contributed by atoms with E-state index >= 15 is 0 Å². The van der Waals surface area contributed by atoms with Crippen molar-refractivity contribution in [3.63, 3.8) is 0 Å². The van der Waals surface area contributed by atoms with Crippen molar-refractivity contribution in [3.05, 3.63) is 54.1 Å². The van der Waals surface area contributed by atoms with Crippen molar-refractivity contribution in [2.24, 2.45) is 17.8 Å². The molecule has 4 rings (SSSR count). The van der Waals surface area contributed by atoms with Gasteiger partial charge in [-0.25, -0.2) is 0 Å². The number of benzene rings is 2. The highest BCUT2D eigenvalue weighted by Gasteiger charge is 2.35. The van der Waals surface area contributed by atoms with Gasteiger partial charge >= 0.3 is 0 Å². The van der Waals surface area contributed by atoms with Crippen LogP contribution < -0.4 is 4.74 Å². The summed E-state index contributed by atoms with van der Waals surface area (Å²) in [5, 5.41) is 2.65. The van der Waals surface area contributed by atoms with E-state index in [9.17, 15) is 0 Å². The monoisotopic (exact) mass is 432 g/mol. The van der Waals surface area contributed by atoms with E-state index in [0.717, 1.165) is 29.4 Å². The Kier molecular flexibility index (Phi) is 8.71. The highest BCUT2D eigenvalue weighted by Crippen LogP contribution is 2.48. The fourth-order valence-corrected chi connectivity index (χ4v) is 6.41. The average molecular weight is 433 g/mol. The Bertz CT molecular complexity index is 866. The predicted molar refractivity (Wildman–Crippen MR) is 139 cm³/mol. The number of hydrogen-bond acceptors (Lipinski definition) is 1. The predicted octanol–water partition coefficient (Wildman–Crippen LogP) is 9.46. The van der Waals surface area contributed by atoms with Gasteiger partial charge in [0, 0.05) is 0 Å². The number of fused-ring (bicyclic) bond motifs is 2. The molecule has 1 nitrogen and oxygen atoms in total. The molecule has 0 spiro atoms. The molecule has 0 heterocycles. The van der Waals surface area contributed by atoms with Crippen LogP contribution in [0.5, 0.6) is 5.75 Å². The van der Waals surface area contributed by atoms with E-state index in [1.54, 1.807) is 5.56 Å². The average Bonchev–Trinajstić information content (AvgIpc) is 2.83. The Morgan fingerprint density at radius 1 is 0.844 bits per heavy atom. The molecule has 32 heavy (non-hydrogen) atoms. The Morgan fingerprint density at radius 2 is 1.62 bits per heavy atom. The van der Waals surface area contributed by atoms with Crippen LogP contribution in [0.1, 0.15) is 102 Å². The molecule has 4 unspecified atom stereocenters. The number of allylic oxidation sites excluding steroid dienone is 1.